The Kier molecular flexibility index (Phi) is 4.49. The van der Waals surface area contributed by atoms with Crippen molar-refractivity contribution >= 4 is 17.7 Å². The Morgan fingerprint density at radius 3 is 2.63 bits per heavy atom. The number of aliphatic hydroxyl groups is 1. The average Bonchev–Trinajstić information content (AvgIpc) is 3.44. The minimum atomic E-state index is -1.55. The normalized spacial score (nSPS) is 49.3. The number of ether oxygens (including phenoxy) is 3. The molecule has 190 valence electrons. The molecule has 35 heavy (non-hydrogen) atoms. The third kappa shape index (κ3) is 2.43. The predicted octanol–water partition coefficient (Wildman–Crippen LogP) is 3.37. The Morgan fingerprint density at radius 2 is 1.97 bits per heavy atom. The molecule has 1 N–H and O–H groups in total. The molecule has 3 bridgehead atoms. The number of cyclic esters (lactones) is 1. The molecule has 2 aliphatic heterocycles. The van der Waals surface area contributed by atoms with Crippen molar-refractivity contribution in [3.63, 3.8) is 0 Å². The van der Waals surface area contributed by atoms with Crippen molar-refractivity contribution in [1.82, 2.24) is 0 Å². The van der Waals surface area contributed by atoms with Gasteiger partial charge < -0.3 is 23.7 Å². The van der Waals surface area contributed by atoms with E-state index < -0.39 is 51.5 Å². The third-order valence-electron chi connectivity index (χ3n) is 11.0. The molecule has 8 nitrogen and oxygen atoms in total. The fraction of sp³-hybridized carbons (Fsp3) is 0.741. The molecular formula is C27H34O8. The van der Waals surface area contributed by atoms with Crippen LogP contribution in [0, 0.1) is 34.0 Å². The zero-order valence-corrected chi connectivity index (χ0v) is 21.0. The highest BCUT2D eigenvalue weighted by atomic mass is 16.6. The maximum Gasteiger partial charge on any atom is 0.309 e. The second-order valence-electron chi connectivity index (χ2n) is 12.5. The van der Waals surface area contributed by atoms with Crippen LogP contribution in [0.5, 0.6) is 0 Å². The fourth-order valence-electron chi connectivity index (χ4n) is 9.38. The van der Waals surface area contributed by atoms with Gasteiger partial charge >= 0.3 is 11.9 Å². The standard InChI is InChI=1S/C27H34O8/c1-23(2)17(10-18(28)32-5)25(4)16-6-8-24(3)21(14-7-9-33-13-14)34-19(29)12-27(24,31)26(16)11-15(20(25)30)22(23)35-26/h7,9,13,15-17,21-22,31H,6,8,10-12H2,1-5H3/t15-,16+,17+,21-,22-,24-,25+,26-,27-/m0/s1. The monoisotopic (exact) mass is 486 g/mol. The van der Waals surface area contributed by atoms with Crippen LogP contribution in [0.2, 0.25) is 0 Å². The van der Waals surface area contributed by atoms with E-state index in [2.05, 4.69) is 13.8 Å². The summed E-state index contributed by atoms with van der Waals surface area (Å²) < 4.78 is 23.1. The number of methoxy groups -OCH3 is 1. The van der Waals surface area contributed by atoms with Gasteiger partial charge in [0.25, 0.3) is 0 Å². The molecule has 9 atom stereocenters. The van der Waals surface area contributed by atoms with Gasteiger partial charge in [0, 0.05) is 34.7 Å². The van der Waals surface area contributed by atoms with Gasteiger partial charge in [-0.05, 0) is 36.7 Å². The molecule has 5 aliphatic rings. The summed E-state index contributed by atoms with van der Waals surface area (Å²) in [6, 6.07) is 1.77. The van der Waals surface area contributed by atoms with Crippen molar-refractivity contribution in [3.05, 3.63) is 24.2 Å². The van der Waals surface area contributed by atoms with Gasteiger partial charge in [0.1, 0.15) is 23.1 Å². The molecule has 6 rings (SSSR count). The van der Waals surface area contributed by atoms with E-state index in [-0.39, 0.29) is 36.4 Å². The number of hydrogen-bond donors (Lipinski definition) is 1. The first kappa shape index (κ1) is 23.2. The van der Waals surface area contributed by atoms with Crippen molar-refractivity contribution in [2.24, 2.45) is 34.0 Å². The van der Waals surface area contributed by atoms with E-state index in [1.165, 1.54) is 13.4 Å². The molecule has 0 amide bonds. The lowest BCUT2D eigenvalue weighted by molar-refractivity contribution is -0.316. The summed E-state index contributed by atoms with van der Waals surface area (Å²) in [7, 11) is 1.36. The molecule has 3 heterocycles. The quantitative estimate of drug-likeness (QED) is 0.648. The summed E-state index contributed by atoms with van der Waals surface area (Å²) in [6.45, 7) is 8.05. The molecule has 1 aromatic heterocycles. The average molecular weight is 487 g/mol. The Balaban J connectivity index is 1.54. The first-order valence-electron chi connectivity index (χ1n) is 12.6. The molecule has 3 aliphatic carbocycles. The van der Waals surface area contributed by atoms with Crippen molar-refractivity contribution < 1.29 is 38.1 Å². The lowest BCUT2D eigenvalue weighted by Crippen LogP contribution is -2.76. The minimum Gasteiger partial charge on any atom is -0.472 e. The molecule has 0 aromatic carbocycles. The van der Waals surface area contributed by atoms with Crippen LogP contribution in [0.15, 0.2) is 23.0 Å². The predicted molar refractivity (Wildman–Crippen MR) is 121 cm³/mol. The number of fused-ring (bicyclic) bond motifs is 3. The van der Waals surface area contributed by atoms with Crippen LogP contribution < -0.4 is 0 Å². The molecule has 8 heteroatoms. The van der Waals surface area contributed by atoms with E-state index in [4.69, 9.17) is 18.6 Å². The van der Waals surface area contributed by atoms with Gasteiger partial charge in [0.15, 0.2) is 0 Å². The molecular weight excluding hydrogens is 452 g/mol. The maximum atomic E-state index is 14.0. The van der Waals surface area contributed by atoms with Crippen LogP contribution in [0.3, 0.4) is 0 Å². The van der Waals surface area contributed by atoms with Gasteiger partial charge in [0.2, 0.25) is 0 Å². The molecule has 1 aromatic rings. The first-order chi connectivity index (χ1) is 16.4. The van der Waals surface area contributed by atoms with Crippen LogP contribution in [0.25, 0.3) is 0 Å². The van der Waals surface area contributed by atoms with Gasteiger partial charge in [-0.3, -0.25) is 14.4 Å². The van der Waals surface area contributed by atoms with Crippen molar-refractivity contribution in [3.8, 4) is 0 Å². The Hall–Kier alpha value is -2.19. The highest BCUT2D eigenvalue weighted by Gasteiger charge is 2.84. The fourth-order valence-corrected chi connectivity index (χ4v) is 9.38. The zero-order chi connectivity index (χ0) is 25.2. The van der Waals surface area contributed by atoms with Gasteiger partial charge in [-0.1, -0.05) is 27.7 Å². The van der Waals surface area contributed by atoms with Crippen LogP contribution in [-0.4, -0.2) is 47.2 Å². The number of ketones is 1. The van der Waals surface area contributed by atoms with Crippen molar-refractivity contribution in [2.45, 2.75) is 83.2 Å². The van der Waals surface area contributed by atoms with E-state index in [0.717, 1.165) is 0 Å². The molecule has 3 saturated carbocycles. The number of furan rings is 1. The molecule has 5 fully saturated rings. The SMILES string of the molecule is COC(=O)C[C@@H]1C(C)(C)[C@H]2O[C@@]34C[C@H]2C(=O)[C@]1(C)[C@H]3CC[C@@]1(C)[C@H](c2ccoc2)OC(=O)C[C@]14O. The number of hydrogen-bond acceptors (Lipinski definition) is 8. The number of Topliss-reactive ketones (excluding diaryl/α,β-unsaturated/α-hetero) is 1. The highest BCUT2D eigenvalue weighted by Crippen LogP contribution is 2.77. The van der Waals surface area contributed by atoms with Gasteiger partial charge in [-0.2, -0.15) is 0 Å². The number of esters is 2. The molecule has 0 unspecified atom stereocenters. The van der Waals surface area contributed by atoms with Crippen molar-refractivity contribution in [1.29, 1.82) is 0 Å². The molecule has 0 radical (unpaired) electrons. The van der Waals surface area contributed by atoms with Crippen molar-refractivity contribution in [2.75, 3.05) is 7.11 Å². The Labute approximate surface area is 204 Å². The summed E-state index contributed by atoms with van der Waals surface area (Å²) >= 11 is 0. The summed E-state index contributed by atoms with van der Waals surface area (Å²) in [5.41, 5.74) is -4.18. The largest absolute Gasteiger partial charge is 0.472 e. The summed E-state index contributed by atoms with van der Waals surface area (Å²) in [6.07, 6.45) is 3.39. The summed E-state index contributed by atoms with van der Waals surface area (Å²) in [5.74, 6) is -1.76. The van der Waals surface area contributed by atoms with Gasteiger partial charge in [-0.25, -0.2) is 0 Å². The lowest BCUT2D eigenvalue weighted by atomic mass is 9.37. The smallest absolute Gasteiger partial charge is 0.309 e. The second kappa shape index (κ2) is 6.76. The Bertz CT molecular complexity index is 1110. The highest BCUT2D eigenvalue weighted by molar-refractivity contribution is 5.92. The van der Waals surface area contributed by atoms with Crippen LogP contribution in [-0.2, 0) is 28.6 Å². The van der Waals surface area contributed by atoms with E-state index in [1.807, 2.05) is 13.8 Å². The van der Waals surface area contributed by atoms with Gasteiger partial charge in [0.05, 0.1) is 32.2 Å². The van der Waals surface area contributed by atoms with E-state index in [0.29, 0.717) is 24.8 Å². The Morgan fingerprint density at radius 1 is 1.23 bits per heavy atom. The summed E-state index contributed by atoms with van der Waals surface area (Å²) in [5, 5.41) is 12.8. The van der Waals surface area contributed by atoms with Crippen LogP contribution in [0.1, 0.15) is 71.5 Å². The zero-order valence-electron chi connectivity index (χ0n) is 21.0. The number of carbonyl (C=O) groups excluding carboxylic acids is 3. The maximum absolute atomic E-state index is 14.0. The number of rotatable bonds is 3. The van der Waals surface area contributed by atoms with Crippen LogP contribution in [0.4, 0.5) is 0 Å². The topological polar surface area (TPSA) is 112 Å². The first-order valence-corrected chi connectivity index (χ1v) is 12.6. The second-order valence-corrected chi connectivity index (χ2v) is 12.5. The summed E-state index contributed by atoms with van der Waals surface area (Å²) in [4.78, 5) is 39.6. The molecule has 2 saturated heterocycles. The van der Waals surface area contributed by atoms with E-state index in [9.17, 15) is 19.5 Å². The van der Waals surface area contributed by atoms with E-state index in [1.54, 1.807) is 12.3 Å². The number of carbonyl (C=O) groups is 3. The van der Waals surface area contributed by atoms with Crippen LogP contribution >= 0.6 is 0 Å². The van der Waals surface area contributed by atoms with E-state index >= 15 is 0 Å². The molecule has 1 spiro atoms. The van der Waals surface area contributed by atoms with Gasteiger partial charge in [-0.15, -0.1) is 0 Å². The lowest BCUT2D eigenvalue weighted by Gasteiger charge is -2.67. The minimum absolute atomic E-state index is 0.111. The third-order valence-corrected chi connectivity index (χ3v) is 11.0.